The third-order valence-electron chi connectivity index (χ3n) is 3.93. The maximum Gasteiger partial charge on any atom is 0.257 e. The topological polar surface area (TPSA) is 108 Å². The van der Waals surface area contributed by atoms with Crippen molar-refractivity contribution in [2.75, 3.05) is 37.9 Å². The maximum atomic E-state index is 12.1. The molecule has 0 aliphatic carbocycles. The zero-order valence-electron chi connectivity index (χ0n) is 18.9. The van der Waals surface area contributed by atoms with Crippen molar-refractivity contribution < 1.29 is 14.6 Å². The molecule has 0 bridgehead atoms. The Bertz CT molecular complexity index is 983. The van der Waals surface area contributed by atoms with E-state index in [1.54, 1.807) is 33.2 Å². The van der Waals surface area contributed by atoms with E-state index in [4.69, 9.17) is 4.74 Å². The van der Waals surface area contributed by atoms with Gasteiger partial charge in [0, 0.05) is 14.1 Å². The first-order valence-corrected chi connectivity index (χ1v) is 9.80. The van der Waals surface area contributed by atoms with Crippen molar-refractivity contribution in [1.29, 1.82) is 0 Å². The van der Waals surface area contributed by atoms with E-state index in [0.717, 1.165) is 0 Å². The summed E-state index contributed by atoms with van der Waals surface area (Å²) in [7, 11) is 3.13. The summed E-state index contributed by atoms with van der Waals surface area (Å²) in [6, 6.07) is 4.56. The molecule has 0 saturated carbocycles. The van der Waals surface area contributed by atoms with Crippen molar-refractivity contribution in [3.05, 3.63) is 56.0 Å². The first-order chi connectivity index (χ1) is 14.8. The van der Waals surface area contributed by atoms with Crippen LogP contribution in [0.4, 0.5) is 17.1 Å². The SMILES string of the molecule is C#C.C/C=C(/CNc1c(Nc2cccc(C(=O)N(C)C)c2O)c(=O)c1=O)OCC.CC. The molecule has 0 heterocycles. The fourth-order valence-electron chi connectivity index (χ4n) is 2.47. The quantitative estimate of drug-likeness (QED) is 0.256. The highest BCUT2D eigenvalue weighted by Gasteiger charge is 2.23. The molecule has 168 valence electrons. The summed E-state index contributed by atoms with van der Waals surface area (Å²) in [6.45, 7) is 8.38. The molecule has 0 atom stereocenters. The molecule has 2 aromatic rings. The van der Waals surface area contributed by atoms with Crippen molar-refractivity contribution in [3.8, 4) is 18.6 Å². The molecule has 0 unspecified atom stereocenters. The Morgan fingerprint density at radius 3 is 2.26 bits per heavy atom. The van der Waals surface area contributed by atoms with Crippen LogP contribution in [0.15, 0.2) is 39.6 Å². The molecule has 8 heteroatoms. The van der Waals surface area contributed by atoms with Gasteiger partial charge in [-0.25, -0.2) is 0 Å². The lowest BCUT2D eigenvalue weighted by atomic mass is 10.1. The molecule has 0 saturated heterocycles. The Morgan fingerprint density at radius 2 is 1.74 bits per heavy atom. The van der Waals surface area contributed by atoms with Gasteiger partial charge in [-0.1, -0.05) is 19.9 Å². The van der Waals surface area contributed by atoms with Crippen LogP contribution in [0.2, 0.25) is 0 Å². The summed E-state index contributed by atoms with van der Waals surface area (Å²) in [4.78, 5) is 37.3. The number of anilines is 3. The number of nitrogens with zero attached hydrogens (tertiary/aromatic N) is 1. The lowest BCUT2D eigenvalue weighted by Gasteiger charge is -2.18. The molecule has 31 heavy (non-hydrogen) atoms. The summed E-state index contributed by atoms with van der Waals surface area (Å²) in [5.41, 5.74) is -0.941. The van der Waals surface area contributed by atoms with Crippen LogP contribution in [0.3, 0.4) is 0 Å². The van der Waals surface area contributed by atoms with Crippen molar-refractivity contribution >= 4 is 23.0 Å². The summed E-state index contributed by atoms with van der Waals surface area (Å²) in [5.74, 6) is -0.0366. The number of benzene rings is 1. The minimum Gasteiger partial charge on any atom is -0.505 e. The fraction of sp³-hybridized carbons (Fsp3) is 0.348. The first kappa shape index (κ1) is 27.3. The number of nitrogens with one attached hydrogen (secondary N) is 2. The van der Waals surface area contributed by atoms with Gasteiger partial charge in [0.1, 0.15) is 17.1 Å². The minimum absolute atomic E-state index is 0.0386. The molecule has 2 rings (SSSR count). The van der Waals surface area contributed by atoms with E-state index in [9.17, 15) is 19.5 Å². The Kier molecular flexibility index (Phi) is 11.9. The fourth-order valence-corrected chi connectivity index (χ4v) is 2.47. The Balaban J connectivity index is 0.00000212. The molecule has 1 amide bonds. The van der Waals surface area contributed by atoms with E-state index in [0.29, 0.717) is 12.4 Å². The van der Waals surface area contributed by atoms with E-state index >= 15 is 0 Å². The number of carbonyl (C=O) groups is 1. The van der Waals surface area contributed by atoms with Gasteiger partial charge < -0.3 is 25.4 Å². The highest BCUT2D eigenvalue weighted by molar-refractivity contribution is 5.99. The molecule has 0 fully saturated rings. The summed E-state index contributed by atoms with van der Waals surface area (Å²) < 4.78 is 5.39. The highest BCUT2D eigenvalue weighted by Crippen LogP contribution is 2.31. The van der Waals surface area contributed by atoms with Gasteiger partial charge >= 0.3 is 0 Å². The lowest BCUT2D eigenvalue weighted by Crippen LogP contribution is -2.37. The molecule has 2 aromatic carbocycles. The van der Waals surface area contributed by atoms with E-state index in [1.807, 2.05) is 20.8 Å². The number of phenolic OH excluding ortho intramolecular Hbond substituents is 1. The van der Waals surface area contributed by atoms with Gasteiger partial charge in [-0.15, -0.1) is 12.8 Å². The average Bonchev–Trinajstić information content (AvgIpc) is 2.80. The number of terminal acetylenes is 1. The number of ether oxygens (including phenoxy) is 1. The Labute approximate surface area is 183 Å². The van der Waals surface area contributed by atoms with Gasteiger partial charge in [0.25, 0.3) is 16.8 Å². The number of phenols is 1. The van der Waals surface area contributed by atoms with Crippen LogP contribution in [0, 0.1) is 12.8 Å². The van der Waals surface area contributed by atoms with E-state index in [-0.39, 0.29) is 40.8 Å². The monoisotopic (exact) mass is 429 g/mol. The maximum absolute atomic E-state index is 12.1. The molecule has 0 spiro atoms. The smallest absolute Gasteiger partial charge is 0.257 e. The zero-order valence-corrected chi connectivity index (χ0v) is 18.9. The van der Waals surface area contributed by atoms with Crippen molar-refractivity contribution in [2.24, 2.45) is 0 Å². The zero-order chi connectivity index (χ0) is 24.1. The predicted molar refractivity (Wildman–Crippen MR) is 126 cm³/mol. The summed E-state index contributed by atoms with van der Waals surface area (Å²) in [6.07, 6.45) is 9.76. The van der Waals surface area contributed by atoms with Crippen LogP contribution in [0.5, 0.6) is 5.75 Å². The van der Waals surface area contributed by atoms with Crippen molar-refractivity contribution in [3.63, 3.8) is 0 Å². The Morgan fingerprint density at radius 1 is 1.16 bits per heavy atom. The van der Waals surface area contributed by atoms with Crippen molar-refractivity contribution in [2.45, 2.75) is 27.7 Å². The standard InChI is InChI=1S/C19H23N3O5.C2H6.C2H2/c1-5-11(27-6-2)10-20-14-15(18(25)17(14)24)21-13-9-7-8-12(16(13)23)19(26)22(3)4;2*1-2/h5,7-9,20-21,23H,6,10H2,1-4H3;1-2H3;1-2H/b11-5-;;. The van der Waals surface area contributed by atoms with E-state index in [1.165, 1.54) is 17.0 Å². The summed E-state index contributed by atoms with van der Waals surface area (Å²) in [5, 5.41) is 16.0. The van der Waals surface area contributed by atoms with Gasteiger partial charge in [-0.3, -0.25) is 14.4 Å². The highest BCUT2D eigenvalue weighted by atomic mass is 16.5. The minimum atomic E-state index is -0.695. The number of allylic oxidation sites excluding steroid dienone is 1. The second kappa shape index (κ2) is 13.5. The molecule has 3 N–H and O–H groups in total. The summed E-state index contributed by atoms with van der Waals surface area (Å²) >= 11 is 0. The molecular formula is C23H31N3O5. The van der Waals surface area contributed by atoms with Crippen LogP contribution in [-0.4, -0.2) is 43.2 Å². The third-order valence-corrected chi connectivity index (χ3v) is 3.93. The largest absolute Gasteiger partial charge is 0.505 e. The average molecular weight is 430 g/mol. The van der Waals surface area contributed by atoms with Crippen LogP contribution in [-0.2, 0) is 4.74 Å². The molecular weight excluding hydrogens is 398 g/mol. The van der Waals surface area contributed by atoms with E-state index in [2.05, 4.69) is 23.5 Å². The number of hydrogen-bond acceptors (Lipinski definition) is 7. The molecule has 0 aromatic heterocycles. The number of aromatic hydroxyl groups is 1. The van der Waals surface area contributed by atoms with Gasteiger partial charge in [0.15, 0.2) is 5.75 Å². The van der Waals surface area contributed by atoms with Crippen LogP contribution < -0.4 is 21.5 Å². The van der Waals surface area contributed by atoms with Crippen LogP contribution in [0.1, 0.15) is 38.1 Å². The van der Waals surface area contributed by atoms with Crippen LogP contribution in [0.25, 0.3) is 0 Å². The lowest BCUT2D eigenvalue weighted by molar-refractivity contribution is 0.0824. The molecule has 0 aliphatic heterocycles. The first-order valence-electron chi connectivity index (χ1n) is 9.80. The predicted octanol–water partition coefficient (Wildman–Crippen LogP) is 3.06. The molecule has 0 aliphatic rings. The van der Waals surface area contributed by atoms with Crippen molar-refractivity contribution in [1.82, 2.24) is 4.90 Å². The Hall–Kier alpha value is -3.73. The van der Waals surface area contributed by atoms with Gasteiger partial charge in [-0.05, 0) is 32.1 Å². The number of amides is 1. The van der Waals surface area contributed by atoms with Crippen LogP contribution >= 0.6 is 0 Å². The number of hydrogen-bond donors (Lipinski definition) is 3. The number of rotatable bonds is 8. The number of para-hydroxylation sites is 1. The van der Waals surface area contributed by atoms with E-state index < -0.39 is 10.9 Å². The number of carbonyl (C=O) groups excluding carboxylic acids is 1. The third kappa shape index (κ3) is 6.64. The van der Waals surface area contributed by atoms with Gasteiger partial charge in [-0.2, -0.15) is 0 Å². The normalized spacial score (nSPS) is 10.1. The van der Waals surface area contributed by atoms with Gasteiger partial charge in [0.2, 0.25) is 0 Å². The molecule has 0 radical (unpaired) electrons. The second-order valence-electron chi connectivity index (χ2n) is 5.98. The molecule has 8 nitrogen and oxygen atoms in total. The van der Waals surface area contributed by atoms with Gasteiger partial charge in [0.05, 0.1) is 24.4 Å². The second-order valence-corrected chi connectivity index (χ2v) is 5.98.